The number of fused-ring (bicyclic) bond motifs is 1. The van der Waals surface area contributed by atoms with Gasteiger partial charge in [-0.05, 0) is 31.2 Å². The molecule has 2 aromatic rings. The topological polar surface area (TPSA) is 96.9 Å². The molecule has 0 atom stereocenters. The van der Waals surface area contributed by atoms with E-state index in [0.717, 1.165) is 0 Å². The molecule has 0 fully saturated rings. The molecule has 130 valence electrons. The van der Waals surface area contributed by atoms with Crippen molar-refractivity contribution in [3.05, 3.63) is 48.5 Å². The van der Waals surface area contributed by atoms with Crippen molar-refractivity contribution in [1.82, 2.24) is 0 Å². The Hall–Kier alpha value is -2.87. The van der Waals surface area contributed by atoms with E-state index in [1.54, 1.807) is 42.5 Å². The van der Waals surface area contributed by atoms with E-state index in [4.69, 9.17) is 4.74 Å². The third-order valence-electron chi connectivity index (χ3n) is 3.46. The number of anilines is 2. The molecule has 7 nitrogen and oxygen atoms in total. The van der Waals surface area contributed by atoms with Crippen molar-refractivity contribution in [2.24, 2.45) is 4.40 Å². The Kier molecular flexibility index (Phi) is 4.71. The first-order chi connectivity index (χ1) is 12.0. The summed E-state index contributed by atoms with van der Waals surface area (Å²) in [5, 5.41) is 5.60. The molecule has 0 radical (unpaired) electrons. The molecule has 0 spiro atoms. The fourth-order valence-electron chi connectivity index (χ4n) is 2.44. The molecule has 2 aromatic carbocycles. The van der Waals surface area contributed by atoms with Crippen LogP contribution >= 0.6 is 0 Å². The van der Waals surface area contributed by atoms with E-state index in [0.29, 0.717) is 23.7 Å². The second kappa shape index (κ2) is 6.94. The molecule has 0 aromatic heterocycles. The van der Waals surface area contributed by atoms with Crippen LogP contribution in [0.25, 0.3) is 0 Å². The molecule has 0 bridgehead atoms. The highest BCUT2D eigenvalue weighted by molar-refractivity contribution is 7.90. The number of nitrogens with zero attached hydrogens (tertiary/aromatic N) is 1. The van der Waals surface area contributed by atoms with Crippen molar-refractivity contribution in [2.45, 2.75) is 18.2 Å². The number of amidine groups is 1. The highest BCUT2D eigenvalue weighted by Gasteiger charge is 2.25. The summed E-state index contributed by atoms with van der Waals surface area (Å²) < 4.78 is 33.5. The molecular formula is C17H17N3O4S. The summed E-state index contributed by atoms with van der Waals surface area (Å²) in [5.41, 5.74) is 0.934. The van der Waals surface area contributed by atoms with Gasteiger partial charge in [0.1, 0.15) is 16.5 Å². The van der Waals surface area contributed by atoms with Gasteiger partial charge in [-0.2, -0.15) is 8.42 Å². The molecule has 0 unspecified atom stereocenters. The van der Waals surface area contributed by atoms with Crippen LogP contribution < -0.4 is 15.4 Å². The van der Waals surface area contributed by atoms with Gasteiger partial charge < -0.3 is 15.4 Å². The summed E-state index contributed by atoms with van der Waals surface area (Å²) in [7, 11) is -3.81. The Morgan fingerprint density at radius 1 is 1.16 bits per heavy atom. The second-order valence-electron chi connectivity index (χ2n) is 5.29. The minimum atomic E-state index is -3.81. The van der Waals surface area contributed by atoms with E-state index < -0.39 is 15.9 Å². The van der Waals surface area contributed by atoms with E-state index in [1.165, 1.54) is 6.07 Å². The highest BCUT2D eigenvalue weighted by Crippen LogP contribution is 2.28. The standard InChI is InChI=1S/C17H17N3O4S/c1-2-24-14-9-5-3-7-12(14)19-17(21)11-16-18-13-8-4-6-10-15(13)25(22,23)20-16/h3-10H,2,11H2,1H3,(H,18,20)(H,19,21). The summed E-state index contributed by atoms with van der Waals surface area (Å²) in [4.78, 5) is 12.4. The monoisotopic (exact) mass is 359 g/mol. The van der Waals surface area contributed by atoms with Crippen LogP contribution in [0.2, 0.25) is 0 Å². The van der Waals surface area contributed by atoms with Gasteiger partial charge in [0, 0.05) is 0 Å². The van der Waals surface area contributed by atoms with Crippen LogP contribution in [0.5, 0.6) is 5.75 Å². The number of sulfonamides is 1. The number of benzene rings is 2. The molecule has 1 aliphatic rings. The predicted octanol–water partition coefficient (Wildman–Crippen LogP) is 2.63. The predicted molar refractivity (Wildman–Crippen MR) is 95.5 cm³/mol. The maximum atomic E-state index is 12.3. The van der Waals surface area contributed by atoms with Crippen molar-refractivity contribution in [1.29, 1.82) is 0 Å². The SMILES string of the molecule is CCOc1ccccc1NC(=O)CC1=NS(=O)(=O)c2ccccc2N1. The first kappa shape index (κ1) is 17.0. The van der Waals surface area contributed by atoms with Gasteiger partial charge in [0.05, 0.1) is 24.4 Å². The maximum Gasteiger partial charge on any atom is 0.286 e. The quantitative estimate of drug-likeness (QED) is 0.855. The lowest BCUT2D eigenvalue weighted by Crippen LogP contribution is -2.26. The van der Waals surface area contributed by atoms with Crippen LogP contribution in [0.3, 0.4) is 0 Å². The van der Waals surface area contributed by atoms with Gasteiger partial charge in [0.15, 0.2) is 0 Å². The zero-order chi connectivity index (χ0) is 17.9. The van der Waals surface area contributed by atoms with E-state index in [-0.39, 0.29) is 17.2 Å². The van der Waals surface area contributed by atoms with Crippen molar-refractivity contribution >= 4 is 33.1 Å². The Bertz CT molecular complexity index is 938. The number of hydrogen-bond donors (Lipinski definition) is 2. The van der Waals surface area contributed by atoms with Crippen LogP contribution in [-0.4, -0.2) is 26.8 Å². The van der Waals surface area contributed by atoms with Gasteiger partial charge in [-0.15, -0.1) is 4.40 Å². The summed E-state index contributed by atoms with van der Waals surface area (Å²) in [5.74, 6) is 0.230. The average molecular weight is 359 g/mol. The molecule has 2 N–H and O–H groups in total. The van der Waals surface area contributed by atoms with Crippen molar-refractivity contribution in [3.8, 4) is 5.75 Å². The third-order valence-corrected chi connectivity index (χ3v) is 4.84. The van der Waals surface area contributed by atoms with Gasteiger partial charge in [-0.3, -0.25) is 4.79 Å². The molecule has 1 aliphatic heterocycles. The van der Waals surface area contributed by atoms with Gasteiger partial charge in [-0.25, -0.2) is 0 Å². The molecule has 1 amide bonds. The Balaban J connectivity index is 1.76. The van der Waals surface area contributed by atoms with Crippen LogP contribution in [-0.2, 0) is 14.8 Å². The summed E-state index contributed by atoms with van der Waals surface area (Å²) >= 11 is 0. The number of carbonyl (C=O) groups is 1. The molecule has 8 heteroatoms. The average Bonchev–Trinajstić information content (AvgIpc) is 2.56. The molecule has 0 saturated carbocycles. The van der Waals surface area contributed by atoms with Crippen LogP contribution in [0.15, 0.2) is 57.8 Å². The number of carbonyl (C=O) groups excluding carboxylic acids is 1. The number of hydrogen-bond acceptors (Lipinski definition) is 5. The van der Waals surface area contributed by atoms with Gasteiger partial charge >= 0.3 is 0 Å². The maximum absolute atomic E-state index is 12.3. The molecular weight excluding hydrogens is 342 g/mol. The zero-order valence-corrected chi connectivity index (χ0v) is 14.3. The summed E-state index contributed by atoms with van der Waals surface area (Å²) in [6.45, 7) is 2.32. The zero-order valence-electron chi connectivity index (χ0n) is 13.5. The Morgan fingerprint density at radius 3 is 2.68 bits per heavy atom. The first-order valence-corrected chi connectivity index (χ1v) is 9.15. The largest absolute Gasteiger partial charge is 0.492 e. The van der Waals surface area contributed by atoms with E-state index in [2.05, 4.69) is 15.0 Å². The minimum absolute atomic E-state index is 0.0742. The number of para-hydroxylation sites is 3. The van der Waals surface area contributed by atoms with Crippen molar-refractivity contribution < 1.29 is 17.9 Å². The molecule has 3 rings (SSSR count). The lowest BCUT2D eigenvalue weighted by Gasteiger charge is -2.18. The second-order valence-corrected chi connectivity index (χ2v) is 6.86. The van der Waals surface area contributed by atoms with Crippen LogP contribution in [0.1, 0.15) is 13.3 Å². The molecule has 1 heterocycles. The van der Waals surface area contributed by atoms with Gasteiger partial charge in [0.25, 0.3) is 10.0 Å². The Labute approximate surface area is 145 Å². The number of rotatable bonds is 5. The van der Waals surface area contributed by atoms with Crippen LogP contribution in [0, 0.1) is 0 Å². The summed E-state index contributed by atoms with van der Waals surface area (Å²) in [6.07, 6.45) is -0.200. The number of amides is 1. The third kappa shape index (κ3) is 3.80. The van der Waals surface area contributed by atoms with Gasteiger partial charge in [-0.1, -0.05) is 24.3 Å². The van der Waals surface area contributed by atoms with E-state index in [1.807, 2.05) is 6.92 Å². The van der Waals surface area contributed by atoms with Crippen molar-refractivity contribution in [3.63, 3.8) is 0 Å². The van der Waals surface area contributed by atoms with E-state index in [9.17, 15) is 13.2 Å². The minimum Gasteiger partial charge on any atom is -0.492 e. The number of ether oxygens (including phenoxy) is 1. The fraction of sp³-hybridized carbons (Fsp3) is 0.176. The number of nitrogens with one attached hydrogen (secondary N) is 2. The van der Waals surface area contributed by atoms with E-state index >= 15 is 0 Å². The highest BCUT2D eigenvalue weighted by atomic mass is 32.2. The molecule has 0 aliphatic carbocycles. The Morgan fingerprint density at radius 2 is 1.88 bits per heavy atom. The fourth-order valence-corrected chi connectivity index (χ4v) is 3.59. The lowest BCUT2D eigenvalue weighted by molar-refractivity contribution is -0.115. The smallest absolute Gasteiger partial charge is 0.286 e. The van der Waals surface area contributed by atoms with Crippen molar-refractivity contribution in [2.75, 3.05) is 17.2 Å². The molecule has 0 saturated heterocycles. The first-order valence-electron chi connectivity index (χ1n) is 7.71. The normalized spacial score (nSPS) is 14.7. The van der Waals surface area contributed by atoms with Gasteiger partial charge in [0.2, 0.25) is 5.91 Å². The summed E-state index contributed by atoms with van der Waals surface area (Å²) in [6, 6.07) is 13.5. The molecule has 25 heavy (non-hydrogen) atoms. The lowest BCUT2D eigenvalue weighted by atomic mass is 10.2. The van der Waals surface area contributed by atoms with Crippen LogP contribution in [0.4, 0.5) is 11.4 Å².